The van der Waals surface area contributed by atoms with E-state index in [0.29, 0.717) is 26.2 Å². The number of ether oxygens (including phenoxy) is 1. The lowest BCUT2D eigenvalue weighted by Crippen LogP contribution is -2.40. The summed E-state index contributed by atoms with van der Waals surface area (Å²) in [5.74, 6) is 0. The van der Waals surface area contributed by atoms with Crippen LogP contribution in [0.4, 0.5) is 4.79 Å². The number of nitrogens with one attached hydrogen (secondary N) is 2. The normalized spacial score (nSPS) is 13.2. The van der Waals surface area contributed by atoms with Gasteiger partial charge in [0.05, 0.1) is 18.3 Å². The molecule has 0 aliphatic heterocycles. The summed E-state index contributed by atoms with van der Waals surface area (Å²) >= 11 is 0. The van der Waals surface area contributed by atoms with Gasteiger partial charge in [0.25, 0.3) is 0 Å². The lowest BCUT2D eigenvalue weighted by molar-refractivity contribution is -0.0477. The fraction of sp³-hybridized carbons (Fsp3) is 0.917. The molecule has 0 fully saturated rings. The highest BCUT2D eigenvalue weighted by Gasteiger charge is 2.13. The molecule has 0 aromatic rings. The largest absolute Gasteiger partial charge is 0.389 e. The fourth-order valence-corrected chi connectivity index (χ4v) is 1.09. The first-order chi connectivity index (χ1) is 8.22. The van der Waals surface area contributed by atoms with Crippen LogP contribution in [0.25, 0.3) is 0 Å². The highest BCUT2D eigenvalue weighted by Crippen LogP contribution is 2.06. The number of hydrogen-bond acceptors (Lipinski definition) is 4. The van der Waals surface area contributed by atoms with Crippen LogP contribution in [-0.4, -0.2) is 68.1 Å². The van der Waals surface area contributed by atoms with Gasteiger partial charge in [-0.15, -0.1) is 0 Å². The first kappa shape index (κ1) is 17.2. The molecule has 0 saturated heterocycles. The van der Waals surface area contributed by atoms with Gasteiger partial charge in [-0.3, -0.25) is 0 Å². The third kappa shape index (κ3) is 10.3. The molecule has 0 aliphatic rings. The van der Waals surface area contributed by atoms with Gasteiger partial charge in [0.15, 0.2) is 0 Å². The predicted molar refractivity (Wildman–Crippen MR) is 71.7 cm³/mol. The zero-order valence-electron chi connectivity index (χ0n) is 12.1. The number of aliphatic hydroxyl groups is 1. The Hall–Kier alpha value is -0.850. The lowest BCUT2D eigenvalue weighted by atomic mass is 10.2. The number of urea groups is 1. The zero-order chi connectivity index (χ0) is 14.2. The average molecular weight is 261 g/mol. The second-order valence-corrected chi connectivity index (χ2v) is 5.41. The molecule has 3 N–H and O–H groups in total. The molecule has 0 bridgehead atoms. The third-order valence-electron chi connectivity index (χ3n) is 2.07. The highest BCUT2D eigenvalue weighted by atomic mass is 16.5. The summed E-state index contributed by atoms with van der Waals surface area (Å²) in [5.41, 5.74) is -0.235. The molecule has 1 unspecified atom stereocenters. The highest BCUT2D eigenvalue weighted by molar-refractivity contribution is 5.73. The molecular formula is C12H27N3O3. The van der Waals surface area contributed by atoms with Crippen molar-refractivity contribution in [3.8, 4) is 0 Å². The number of nitrogens with zero attached hydrogens (tertiary/aromatic N) is 1. The summed E-state index contributed by atoms with van der Waals surface area (Å²) in [5, 5.41) is 15.4. The van der Waals surface area contributed by atoms with Gasteiger partial charge in [0.2, 0.25) is 0 Å². The Balaban J connectivity index is 3.46. The van der Waals surface area contributed by atoms with Gasteiger partial charge in [-0.25, -0.2) is 4.79 Å². The molecule has 0 radical (unpaired) electrons. The maximum atomic E-state index is 11.2. The van der Waals surface area contributed by atoms with Crippen LogP contribution in [0.15, 0.2) is 0 Å². The Morgan fingerprint density at radius 1 is 1.33 bits per heavy atom. The van der Waals surface area contributed by atoms with Gasteiger partial charge in [-0.1, -0.05) is 0 Å². The van der Waals surface area contributed by atoms with E-state index in [1.807, 2.05) is 20.8 Å². The van der Waals surface area contributed by atoms with Crippen molar-refractivity contribution in [2.24, 2.45) is 0 Å². The van der Waals surface area contributed by atoms with Gasteiger partial charge in [0.1, 0.15) is 0 Å². The third-order valence-corrected chi connectivity index (χ3v) is 2.07. The molecule has 108 valence electrons. The van der Waals surface area contributed by atoms with Gasteiger partial charge in [-0.05, 0) is 20.8 Å². The van der Waals surface area contributed by atoms with Crippen LogP contribution in [0.2, 0.25) is 0 Å². The minimum Gasteiger partial charge on any atom is -0.389 e. The Morgan fingerprint density at radius 2 is 1.94 bits per heavy atom. The smallest absolute Gasteiger partial charge is 0.316 e. The SMILES string of the molecule is CN(C)C(=O)NCCNCC(O)COC(C)(C)C. The summed E-state index contributed by atoms with van der Waals surface area (Å²) in [7, 11) is 3.38. The van der Waals surface area contributed by atoms with Crippen molar-refractivity contribution < 1.29 is 14.6 Å². The average Bonchev–Trinajstić information content (AvgIpc) is 2.24. The van der Waals surface area contributed by atoms with Crippen LogP contribution in [0.1, 0.15) is 20.8 Å². The Bertz CT molecular complexity index is 239. The molecule has 1 atom stereocenters. The fourth-order valence-electron chi connectivity index (χ4n) is 1.09. The van der Waals surface area contributed by atoms with E-state index in [1.54, 1.807) is 14.1 Å². The van der Waals surface area contributed by atoms with E-state index in [2.05, 4.69) is 10.6 Å². The van der Waals surface area contributed by atoms with Gasteiger partial charge in [-0.2, -0.15) is 0 Å². The van der Waals surface area contributed by atoms with Crippen molar-refractivity contribution in [3.05, 3.63) is 0 Å². The van der Waals surface area contributed by atoms with Gasteiger partial charge < -0.3 is 25.4 Å². The van der Waals surface area contributed by atoms with Crippen LogP contribution in [0.3, 0.4) is 0 Å². The first-order valence-corrected chi connectivity index (χ1v) is 6.20. The molecule has 0 rings (SSSR count). The van der Waals surface area contributed by atoms with E-state index in [4.69, 9.17) is 4.74 Å². The molecule has 0 aromatic heterocycles. The van der Waals surface area contributed by atoms with Crippen molar-refractivity contribution in [1.82, 2.24) is 15.5 Å². The molecule has 18 heavy (non-hydrogen) atoms. The summed E-state index contributed by atoms with van der Waals surface area (Å²) in [6.45, 7) is 7.75. The van der Waals surface area contributed by atoms with Crippen LogP contribution < -0.4 is 10.6 Å². The van der Waals surface area contributed by atoms with Crippen molar-refractivity contribution in [2.75, 3.05) is 40.3 Å². The Morgan fingerprint density at radius 3 is 2.44 bits per heavy atom. The summed E-state index contributed by atoms with van der Waals surface area (Å²) in [6.07, 6.45) is -0.534. The van der Waals surface area contributed by atoms with E-state index < -0.39 is 6.10 Å². The molecule has 0 aliphatic carbocycles. The second kappa shape index (κ2) is 8.29. The standard InChI is InChI=1S/C12H27N3O3/c1-12(2,3)18-9-10(16)8-13-6-7-14-11(17)15(4)5/h10,13,16H,6-9H2,1-5H3,(H,14,17). The monoisotopic (exact) mass is 261 g/mol. The summed E-state index contributed by atoms with van der Waals surface area (Å²) in [4.78, 5) is 12.6. The minimum atomic E-state index is -0.534. The molecular weight excluding hydrogens is 234 g/mol. The summed E-state index contributed by atoms with van der Waals surface area (Å²) in [6, 6.07) is -0.117. The number of carbonyl (C=O) groups excluding carboxylic acids is 1. The zero-order valence-corrected chi connectivity index (χ0v) is 12.1. The van der Waals surface area contributed by atoms with E-state index in [9.17, 15) is 9.90 Å². The molecule has 0 aromatic carbocycles. The molecule has 0 saturated carbocycles. The number of rotatable bonds is 7. The van der Waals surface area contributed by atoms with Gasteiger partial charge >= 0.3 is 6.03 Å². The lowest BCUT2D eigenvalue weighted by Gasteiger charge is -2.22. The van der Waals surface area contributed by atoms with Crippen LogP contribution in [-0.2, 0) is 4.74 Å². The Kier molecular flexibility index (Phi) is 7.90. The van der Waals surface area contributed by atoms with E-state index in [1.165, 1.54) is 4.90 Å². The number of hydrogen-bond donors (Lipinski definition) is 3. The van der Waals surface area contributed by atoms with Gasteiger partial charge in [0, 0.05) is 33.7 Å². The van der Waals surface area contributed by atoms with E-state index in [-0.39, 0.29) is 11.6 Å². The summed E-state index contributed by atoms with van der Waals surface area (Å²) < 4.78 is 5.45. The van der Waals surface area contributed by atoms with E-state index in [0.717, 1.165) is 0 Å². The number of carbonyl (C=O) groups is 1. The van der Waals surface area contributed by atoms with Crippen LogP contribution in [0.5, 0.6) is 0 Å². The second-order valence-electron chi connectivity index (χ2n) is 5.41. The molecule has 6 nitrogen and oxygen atoms in total. The van der Waals surface area contributed by atoms with Crippen molar-refractivity contribution in [3.63, 3.8) is 0 Å². The predicted octanol–water partition coefficient (Wildman–Crippen LogP) is 0.0232. The number of amides is 2. The van der Waals surface area contributed by atoms with Crippen molar-refractivity contribution >= 4 is 6.03 Å². The van der Waals surface area contributed by atoms with E-state index >= 15 is 0 Å². The first-order valence-electron chi connectivity index (χ1n) is 6.20. The molecule has 6 heteroatoms. The maximum absolute atomic E-state index is 11.2. The molecule has 2 amide bonds. The quantitative estimate of drug-likeness (QED) is 0.565. The van der Waals surface area contributed by atoms with Crippen LogP contribution in [0, 0.1) is 0 Å². The number of aliphatic hydroxyl groups excluding tert-OH is 1. The maximum Gasteiger partial charge on any atom is 0.316 e. The minimum absolute atomic E-state index is 0.117. The molecule has 0 spiro atoms. The molecule has 0 heterocycles. The van der Waals surface area contributed by atoms with Crippen molar-refractivity contribution in [2.45, 2.75) is 32.5 Å². The van der Waals surface area contributed by atoms with Crippen LogP contribution >= 0.6 is 0 Å². The Labute approximate surface area is 110 Å². The topological polar surface area (TPSA) is 73.8 Å². The van der Waals surface area contributed by atoms with Crippen molar-refractivity contribution in [1.29, 1.82) is 0 Å².